The summed E-state index contributed by atoms with van der Waals surface area (Å²) in [6.45, 7) is 4.01. The molecular formula is C21H24ClNO5. The maximum Gasteiger partial charge on any atom is 0.309 e. The third-order valence-electron chi connectivity index (χ3n) is 3.80. The van der Waals surface area contributed by atoms with Gasteiger partial charge in [-0.3, -0.25) is 9.59 Å². The lowest BCUT2D eigenvalue weighted by Gasteiger charge is -2.15. The quantitative estimate of drug-likeness (QED) is 0.606. The SMILES string of the molecule is CCOc1ccccc1OCCC(=O)OCC(=O)N[C@@H](C)c1cccc(Cl)c1. The Morgan fingerprint density at radius 1 is 1.07 bits per heavy atom. The molecule has 0 bridgehead atoms. The van der Waals surface area contributed by atoms with E-state index < -0.39 is 5.97 Å². The Hall–Kier alpha value is -2.73. The first-order valence-electron chi connectivity index (χ1n) is 9.04. The molecule has 2 aromatic carbocycles. The van der Waals surface area contributed by atoms with Crippen molar-refractivity contribution in [3.63, 3.8) is 0 Å². The highest BCUT2D eigenvalue weighted by Crippen LogP contribution is 2.26. The normalized spacial score (nSPS) is 11.4. The first-order valence-corrected chi connectivity index (χ1v) is 9.42. The van der Waals surface area contributed by atoms with E-state index in [0.717, 1.165) is 5.56 Å². The zero-order valence-electron chi connectivity index (χ0n) is 15.9. The smallest absolute Gasteiger partial charge is 0.309 e. The monoisotopic (exact) mass is 405 g/mol. The van der Waals surface area contributed by atoms with E-state index in [4.69, 9.17) is 25.8 Å². The minimum absolute atomic E-state index is 0.0254. The van der Waals surface area contributed by atoms with Crippen molar-refractivity contribution >= 4 is 23.5 Å². The largest absolute Gasteiger partial charge is 0.490 e. The van der Waals surface area contributed by atoms with Crippen molar-refractivity contribution in [1.29, 1.82) is 0 Å². The first-order chi connectivity index (χ1) is 13.5. The number of para-hydroxylation sites is 2. The fourth-order valence-corrected chi connectivity index (χ4v) is 2.65. The van der Waals surface area contributed by atoms with Crippen LogP contribution in [0.4, 0.5) is 0 Å². The molecule has 0 fully saturated rings. The van der Waals surface area contributed by atoms with Gasteiger partial charge in [0.25, 0.3) is 5.91 Å². The van der Waals surface area contributed by atoms with Crippen LogP contribution in [0.15, 0.2) is 48.5 Å². The van der Waals surface area contributed by atoms with Gasteiger partial charge in [0.2, 0.25) is 0 Å². The number of carbonyl (C=O) groups excluding carboxylic acids is 2. The van der Waals surface area contributed by atoms with Gasteiger partial charge in [-0.25, -0.2) is 0 Å². The highest BCUT2D eigenvalue weighted by atomic mass is 35.5. The molecule has 1 amide bonds. The van der Waals surface area contributed by atoms with Crippen molar-refractivity contribution in [1.82, 2.24) is 5.32 Å². The number of rotatable bonds is 10. The molecule has 2 aromatic rings. The van der Waals surface area contributed by atoms with Crippen molar-refractivity contribution in [3.05, 3.63) is 59.1 Å². The number of benzene rings is 2. The molecule has 1 N–H and O–H groups in total. The predicted molar refractivity (Wildman–Crippen MR) is 107 cm³/mol. The number of amides is 1. The van der Waals surface area contributed by atoms with E-state index in [2.05, 4.69) is 5.32 Å². The Morgan fingerprint density at radius 3 is 2.46 bits per heavy atom. The number of carbonyl (C=O) groups is 2. The third-order valence-corrected chi connectivity index (χ3v) is 4.04. The molecule has 0 saturated heterocycles. The summed E-state index contributed by atoms with van der Waals surface area (Å²) in [6.07, 6.45) is 0.0254. The Balaban J connectivity index is 1.70. The summed E-state index contributed by atoms with van der Waals surface area (Å²) >= 11 is 5.95. The fourth-order valence-electron chi connectivity index (χ4n) is 2.45. The van der Waals surface area contributed by atoms with Crippen LogP contribution in [0.5, 0.6) is 11.5 Å². The predicted octanol–water partition coefficient (Wildman–Crippen LogP) is 3.93. The van der Waals surface area contributed by atoms with Crippen LogP contribution >= 0.6 is 11.6 Å². The van der Waals surface area contributed by atoms with Gasteiger partial charge in [-0.05, 0) is 43.7 Å². The van der Waals surface area contributed by atoms with Crippen molar-refractivity contribution in [2.45, 2.75) is 26.3 Å². The lowest BCUT2D eigenvalue weighted by atomic mass is 10.1. The Labute approximate surface area is 169 Å². The van der Waals surface area contributed by atoms with E-state index in [0.29, 0.717) is 23.1 Å². The van der Waals surface area contributed by atoms with Gasteiger partial charge in [0.1, 0.15) is 0 Å². The number of nitrogens with one attached hydrogen (secondary N) is 1. The average molecular weight is 406 g/mol. The van der Waals surface area contributed by atoms with E-state index in [9.17, 15) is 9.59 Å². The highest BCUT2D eigenvalue weighted by molar-refractivity contribution is 6.30. The maximum absolute atomic E-state index is 12.0. The Morgan fingerprint density at radius 2 is 1.79 bits per heavy atom. The van der Waals surface area contributed by atoms with Crippen LogP contribution in [0, 0.1) is 0 Å². The van der Waals surface area contributed by atoms with Crippen LogP contribution in [-0.2, 0) is 14.3 Å². The van der Waals surface area contributed by atoms with Crippen LogP contribution in [0.3, 0.4) is 0 Å². The molecule has 2 rings (SSSR count). The summed E-state index contributed by atoms with van der Waals surface area (Å²) in [4.78, 5) is 23.8. The summed E-state index contributed by atoms with van der Waals surface area (Å²) in [5.74, 6) is 0.279. The van der Waals surface area contributed by atoms with Crippen molar-refractivity contribution in [2.24, 2.45) is 0 Å². The highest BCUT2D eigenvalue weighted by Gasteiger charge is 2.13. The number of hydrogen-bond acceptors (Lipinski definition) is 5. The second-order valence-electron chi connectivity index (χ2n) is 5.98. The number of ether oxygens (including phenoxy) is 3. The molecule has 0 saturated carbocycles. The van der Waals surface area contributed by atoms with Crippen LogP contribution in [-0.4, -0.2) is 31.7 Å². The summed E-state index contributed by atoms with van der Waals surface area (Å²) in [5.41, 5.74) is 0.869. The number of esters is 1. The molecule has 0 heterocycles. The first kappa shape index (κ1) is 21.6. The van der Waals surface area contributed by atoms with Gasteiger partial charge in [-0.2, -0.15) is 0 Å². The molecule has 1 atom stereocenters. The lowest BCUT2D eigenvalue weighted by Crippen LogP contribution is -2.31. The second-order valence-corrected chi connectivity index (χ2v) is 6.42. The minimum Gasteiger partial charge on any atom is -0.490 e. The minimum atomic E-state index is -0.514. The molecule has 0 aliphatic rings. The third kappa shape index (κ3) is 7.12. The molecule has 0 unspecified atom stereocenters. The number of hydrogen-bond donors (Lipinski definition) is 1. The summed E-state index contributed by atoms with van der Waals surface area (Å²) < 4.78 is 16.0. The van der Waals surface area contributed by atoms with Gasteiger partial charge in [0.05, 0.1) is 25.7 Å². The van der Waals surface area contributed by atoms with Gasteiger partial charge in [0.15, 0.2) is 18.1 Å². The summed E-state index contributed by atoms with van der Waals surface area (Å²) in [5, 5.41) is 3.35. The molecule has 0 aliphatic carbocycles. The van der Waals surface area contributed by atoms with Gasteiger partial charge in [0, 0.05) is 5.02 Å². The zero-order valence-corrected chi connectivity index (χ0v) is 16.7. The van der Waals surface area contributed by atoms with Gasteiger partial charge < -0.3 is 19.5 Å². The molecular weight excluding hydrogens is 382 g/mol. The molecule has 0 radical (unpaired) electrons. The van der Waals surface area contributed by atoms with E-state index >= 15 is 0 Å². The van der Waals surface area contributed by atoms with Crippen LogP contribution in [0.2, 0.25) is 5.02 Å². The van der Waals surface area contributed by atoms with E-state index in [1.54, 1.807) is 24.3 Å². The topological polar surface area (TPSA) is 73.9 Å². The summed E-state index contributed by atoms with van der Waals surface area (Å²) in [7, 11) is 0. The van der Waals surface area contributed by atoms with E-state index in [1.807, 2.05) is 38.1 Å². The number of halogens is 1. The molecule has 0 aliphatic heterocycles. The average Bonchev–Trinajstić information content (AvgIpc) is 2.68. The van der Waals surface area contributed by atoms with E-state index in [1.165, 1.54) is 0 Å². The van der Waals surface area contributed by atoms with Crippen LogP contribution in [0.25, 0.3) is 0 Å². The molecule has 6 nitrogen and oxygen atoms in total. The standard InChI is InChI=1S/C21H24ClNO5/c1-3-26-18-9-4-5-10-19(18)27-12-11-21(25)28-14-20(24)23-15(2)16-7-6-8-17(22)13-16/h4-10,13,15H,3,11-12,14H2,1-2H3,(H,23,24)/t15-/m0/s1. The fraction of sp³-hybridized carbons (Fsp3) is 0.333. The van der Waals surface area contributed by atoms with Crippen molar-refractivity contribution < 1.29 is 23.8 Å². The van der Waals surface area contributed by atoms with Gasteiger partial charge in [-0.15, -0.1) is 0 Å². The lowest BCUT2D eigenvalue weighted by molar-refractivity contribution is -0.149. The second kappa shape index (κ2) is 11.2. The maximum atomic E-state index is 12.0. The van der Waals surface area contributed by atoms with Crippen LogP contribution < -0.4 is 14.8 Å². The van der Waals surface area contributed by atoms with E-state index in [-0.39, 0.29) is 31.6 Å². The van der Waals surface area contributed by atoms with Crippen LogP contribution in [0.1, 0.15) is 31.9 Å². The molecule has 28 heavy (non-hydrogen) atoms. The Kier molecular flexibility index (Phi) is 8.62. The Bertz CT molecular complexity index is 796. The van der Waals surface area contributed by atoms with Crippen molar-refractivity contribution in [2.75, 3.05) is 19.8 Å². The molecule has 0 spiro atoms. The molecule has 7 heteroatoms. The molecule has 150 valence electrons. The zero-order chi connectivity index (χ0) is 20.4. The van der Waals surface area contributed by atoms with Crippen molar-refractivity contribution in [3.8, 4) is 11.5 Å². The van der Waals surface area contributed by atoms with Gasteiger partial charge >= 0.3 is 5.97 Å². The summed E-state index contributed by atoms with van der Waals surface area (Å²) in [6, 6.07) is 14.2. The molecule has 0 aromatic heterocycles. The van der Waals surface area contributed by atoms with Gasteiger partial charge in [-0.1, -0.05) is 35.9 Å².